The van der Waals surface area contributed by atoms with E-state index in [1.165, 1.54) is 18.0 Å². The van der Waals surface area contributed by atoms with Crippen LogP contribution in [0.1, 0.15) is 36.0 Å². The number of nitrogens with one attached hydrogen (secondary N) is 1. The van der Waals surface area contributed by atoms with E-state index in [0.29, 0.717) is 5.92 Å². The molecule has 2 aliphatic heterocycles. The van der Waals surface area contributed by atoms with E-state index in [4.69, 9.17) is 0 Å². The minimum absolute atomic E-state index is 0. The molecule has 1 aromatic heterocycles. The van der Waals surface area contributed by atoms with Gasteiger partial charge in [-0.3, -0.25) is 4.90 Å². The number of piperidine rings is 1. The number of benzene rings is 1. The van der Waals surface area contributed by atoms with Crippen LogP contribution >= 0.6 is 12.4 Å². The summed E-state index contributed by atoms with van der Waals surface area (Å²) in [7, 11) is 0. The van der Waals surface area contributed by atoms with Crippen molar-refractivity contribution < 1.29 is 4.39 Å². The van der Waals surface area contributed by atoms with Gasteiger partial charge in [-0.1, -0.05) is 24.3 Å². The first-order chi connectivity index (χ1) is 12.3. The Morgan fingerprint density at radius 3 is 2.65 bits per heavy atom. The summed E-state index contributed by atoms with van der Waals surface area (Å²) >= 11 is 0. The summed E-state index contributed by atoms with van der Waals surface area (Å²) in [5.41, 5.74) is 1.04. The van der Waals surface area contributed by atoms with Gasteiger partial charge in [-0.05, 0) is 43.6 Å². The lowest BCUT2D eigenvalue weighted by Gasteiger charge is -2.31. The predicted octanol–water partition coefficient (Wildman–Crippen LogP) is 2.84. The Balaban J connectivity index is 0.00000196. The maximum Gasteiger partial charge on any atom is 0.147 e. The Kier molecular flexibility index (Phi) is 6.40. The molecule has 140 valence electrons. The van der Waals surface area contributed by atoms with Crippen molar-refractivity contribution in [3.8, 4) is 0 Å². The molecule has 0 aliphatic carbocycles. The van der Waals surface area contributed by atoms with Crippen molar-refractivity contribution in [2.75, 3.05) is 26.2 Å². The third-order valence-corrected chi connectivity index (χ3v) is 5.15. The fraction of sp³-hybridized carbons (Fsp3) is 0.474. The third-order valence-electron chi connectivity index (χ3n) is 5.15. The Morgan fingerprint density at radius 1 is 1.12 bits per heavy atom. The maximum absolute atomic E-state index is 12.9. The Hall–Kier alpha value is -1.76. The molecule has 0 amide bonds. The quantitative estimate of drug-likeness (QED) is 0.890. The van der Waals surface area contributed by atoms with E-state index in [-0.39, 0.29) is 18.2 Å². The number of rotatable bonds is 4. The van der Waals surface area contributed by atoms with E-state index < -0.39 is 0 Å². The standard InChI is InChI=1S/C19H24FN5.ClH/c20-17-5-3-15(4-6-17)2-1-10-24-11-7-16(8-12-24)19-23-22-18-14-21-9-13-25(18)19;/h1-6,16,21H,7-14H2;1H/b2-1+;. The molecule has 0 radical (unpaired) electrons. The molecule has 1 saturated heterocycles. The lowest BCUT2D eigenvalue weighted by Crippen LogP contribution is -2.35. The molecule has 1 aromatic carbocycles. The number of aromatic nitrogens is 3. The molecular formula is C19H25ClFN5. The predicted molar refractivity (Wildman–Crippen MR) is 103 cm³/mol. The van der Waals surface area contributed by atoms with Crippen LogP contribution in [0, 0.1) is 5.82 Å². The van der Waals surface area contributed by atoms with Crippen molar-refractivity contribution in [3.05, 3.63) is 53.4 Å². The highest BCUT2D eigenvalue weighted by molar-refractivity contribution is 5.85. The lowest BCUT2D eigenvalue weighted by atomic mass is 9.95. The van der Waals surface area contributed by atoms with Gasteiger partial charge in [0.2, 0.25) is 0 Å². The van der Waals surface area contributed by atoms with Gasteiger partial charge in [0.15, 0.2) is 0 Å². The molecule has 7 heteroatoms. The minimum atomic E-state index is -0.189. The fourth-order valence-corrected chi connectivity index (χ4v) is 3.70. The highest BCUT2D eigenvalue weighted by atomic mass is 35.5. The first-order valence-corrected chi connectivity index (χ1v) is 9.07. The second-order valence-electron chi connectivity index (χ2n) is 6.83. The second-order valence-corrected chi connectivity index (χ2v) is 6.83. The summed E-state index contributed by atoms with van der Waals surface area (Å²) in [6.07, 6.45) is 6.50. The van der Waals surface area contributed by atoms with Gasteiger partial charge in [-0.2, -0.15) is 0 Å². The van der Waals surface area contributed by atoms with Crippen LogP contribution in [0.3, 0.4) is 0 Å². The molecule has 0 saturated carbocycles. The van der Waals surface area contributed by atoms with Crippen LogP contribution in [0.5, 0.6) is 0 Å². The largest absolute Gasteiger partial charge is 0.312 e. The highest BCUT2D eigenvalue weighted by Crippen LogP contribution is 2.27. The number of likely N-dealkylation sites (tertiary alicyclic amines) is 1. The monoisotopic (exact) mass is 377 g/mol. The van der Waals surface area contributed by atoms with Crippen molar-refractivity contribution in [3.63, 3.8) is 0 Å². The molecule has 0 bridgehead atoms. The summed E-state index contributed by atoms with van der Waals surface area (Å²) in [6, 6.07) is 6.61. The molecule has 1 N–H and O–H groups in total. The van der Waals surface area contributed by atoms with Gasteiger partial charge < -0.3 is 9.88 Å². The van der Waals surface area contributed by atoms with Gasteiger partial charge in [0, 0.05) is 25.6 Å². The van der Waals surface area contributed by atoms with E-state index >= 15 is 0 Å². The van der Waals surface area contributed by atoms with E-state index in [1.807, 2.05) is 0 Å². The van der Waals surface area contributed by atoms with Crippen LogP contribution in [0.2, 0.25) is 0 Å². The molecular weight excluding hydrogens is 353 g/mol. The van der Waals surface area contributed by atoms with Crippen LogP contribution in [0.4, 0.5) is 4.39 Å². The van der Waals surface area contributed by atoms with Crippen molar-refractivity contribution >= 4 is 18.5 Å². The minimum Gasteiger partial charge on any atom is -0.312 e. The Bertz CT molecular complexity index is 735. The van der Waals surface area contributed by atoms with Crippen LogP contribution in [0.15, 0.2) is 30.3 Å². The molecule has 0 atom stereocenters. The van der Waals surface area contributed by atoms with Gasteiger partial charge in [0.1, 0.15) is 17.5 Å². The summed E-state index contributed by atoms with van der Waals surface area (Å²) in [4.78, 5) is 2.46. The van der Waals surface area contributed by atoms with Crippen molar-refractivity contribution in [1.29, 1.82) is 0 Å². The smallest absolute Gasteiger partial charge is 0.147 e. The summed E-state index contributed by atoms with van der Waals surface area (Å²) < 4.78 is 15.2. The van der Waals surface area contributed by atoms with Gasteiger partial charge in [0.25, 0.3) is 0 Å². The zero-order valence-corrected chi connectivity index (χ0v) is 15.6. The van der Waals surface area contributed by atoms with Crippen LogP contribution < -0.4 is 5.32 Å². The number of nitrogens with zero attached hydrogens (tertiary/aromatic N) is 4. The van der Waals surface area contributed by atoms with E-state index in [2.05, 4.69) is 37.1 Å². The third kappa shape index (κ3) is 4.31. The van der Waals surface area contributed by atoms with Gasteiger partial charge in [-0.15, -0.1) is 22.6 Å². The van der Waals surface area contributed by atoms with Crippen molar-refractivity contribution in [2.24, 2.45) is 0 Å². The second kappa shape index (κ2) is 8.75. The van der Waals surface area contributed by atoms with Gasteiger partial charge in [-0.25, -0.2) is 4.39 Å². The molecule has 0 spiro atoms. The van der Waals surface area contributed by atoms with Gasteiger partial charge >= 0.3 is 0 Å². The Labute approximate surface area is 159 Å². The molecule has 2 aliphatic rings. The van der Waals surface area contributed by atoms with Gasteiger partial charge in [0.05, 0.1) is 6.54 Å². The first-order valence-electron chi connectivity index (χ1n) is 9.07. The Morgan fingerprint density at radius 2 is 1.88 bits per heavy atom. The van der Waals surface area contributed by atoms with Crippen molar-refractivity contribution in [2.45, 2.75) is 31.8 Å². The van der Waals surface area contributed by atoms with Crippen LogP contribution in [-0.4, -0.2) is 45.8 Å². The van der Waals surface area contributed by atoms with E-state index in [9.17, 15) is 4.39 Å². The molecule has 1 fully saturated rings. The zero-order chi connectivity index (χ0) is 17.1. The fourth-order valence-electron chi connectivity index (χ4n) is 3.70. The van der Waals surface area contributed by atoms with E-state index in [0.717, 1.165) is 63.5 Å². The maximum atomic E-state index is 12.9. The number of hydrogen-bond donors (Lipinski definition) is 1. The topological polar surface area (TPSA) is 46.0 Å². The number of fused-ring (bicyclic) bond motifs is 1. The van der Waals surface area contributed by atoms with Crippen LogP contribution in [0.25, 0.3) is 6.08 Å². The first kappa shape index (κ1) is 19.0. The van der Waals surface area contributed by atoms with E-state index in [1.54, 1.807) is 12.1 Å². The molecule has 4 rings (SSSR count). The molecule has 0 unspecified atom stereocenters. The normalized spacial score (nSPS) is 18.7. The highest BCUT2D eigenvalue weighted by Gasteiger charge is 2.26. The lowest BCUT2D eigenvalue weighted by molar-refractivity contribution is 0.226. The van der Waals surface area contributed by atoms with Crippen LogP contribution in [-0.2, 0) is 13.1 Å². The average Bonchev–Trinajstić information content (AvgIpc) is 3.08. The molecule has 2 aromatic rings. The summed E-state index contributed by atoms with van der Waals surface area (Å²) in [6.45, 7) is 5.92. The average molecular weight is 378 g/mol. The molecule has 26 heavy (non-hydrogen) atoms. The zero-order valence-electron chi connectivity index (χ0n) is 14.8. The number of hydrogen-bond acceptors (Lipinski definition) is 4. The molecule has 3 heterocycles. The summed E-state index contributed by atoms with van der Waals surface area (Å²) in [5.74, 6) is 2.59. The SMILES string of the molecule is Cl.Fc1ccc(/C=C/CN2CCC(c3nnc4n3CCNC4)CC2)cc1. The molecule has 5 nitrogen and oxygen atoms in total. The summed E-state index contributed by atoms with van der Waals surface area (Å²) in [5, 5.41) is 12.1. The van der Waals surface area contributed by atoms with Crippen molar-refractivity contribution in [1.82, 2.24) is 25.0 Å². The number of halogens is 2.